The Morgan fingerprint density at radius 2 is 1.47 bits per heavy atom. The van der Waals surface area contributed by atoms with E-state index in [0.717, 1.165) is 19.4 Å². The van der Waals surface area contributed by atoms with Gasteiger partial charge in [0.2, 0.25) is 0 Å². The first-order valence-electron chi connectivity index (χ1n) is 12.4. The van der Waals surface area contributed by atoms with Gasteiger partial charge in [0, 0.05) is 18.2 Å². The first kappa shape index (κ1) is 30.2. The minimum absolute atomic E-state index is 0.00392. The Hall–Kier alpha value is 0.150. The molecule has 0 bridgehead atoms. The molecule has 0 aromatic rings. The molecule has 192 valence electrons. The fourth-order valence-electron chi connectivity index (χ4n) is 3.81. The lowest BCUT2D eigenvalue weighted by molar-refractivity contribution is -0.0941. The lowest BCUT2D eigenvalue weighted by atomic mass is 9.76. The van der Waals surface area contributed by atoms with Gasteiger partial charge in [0.25, 0.3) is 0 Å². The van der Waals surface area contributed by atoms with Crippen molar-refractivity contribution in [3.05, 3.63) is 0 Å². The minimum Gasteiger partial charge on any atom is -0.378 e. The molecule has 0 spiro atoms. The van der Waals surface area contributed by atoms with E-state index in [1.807, 2.05) is 18.7 Å². The topological polar surface area (TPSA) is 79.7 Å². The van der Waals surface area contributed by atoms with Gasteiger partial charge in [0.15, 0.2) is 0 Å². The predicted molar refractivity (Wildman–Crippen MR) is 139 cm³/mol. The Balaban J connectivity index is 2.48. The number of rotatable bonds is 15. The van der Waals surface area contributed by atoms with Crippen molar-refractivity contribution in [2.45, 2.75) is 129 Å². The predicted octanol–water partition coefficient (Wildman–Crippen LogP) is 5.59. The molecule has 1 aliphatic rings. The molecule has 0 aliphatic carbocycles. The first-order chi connectivity index (χ1) is 14.3. The van der Waals surface area contributed by atoms with Crippen LogP contribution in [0.1, 0.15) is 95.9 Å². The highest BCUT2D eigenvalue weighted by atomic mass is 32.2. The average Bonchev–Trinajstić information content (AvgIpc) is 3.16. The van der Waals surface area contributed by atoms with E-state index >= 15 is 0 Å². The van der Waals surface area contributed by atoms with Crippen molar-refractivity contribution < 1.29 is 14.2 Å². The number of hydrogen-bond acceptors (Lipinski definition) is 6. The standard InChI is InChI=1S/C26H54N2O3S/c1-18(16-30-22(5,6)15-20(3)27)23(7,8)21(4)29-14-13-25(11)26(12,32-25)31-17-19(2)24(9,10)28/h18-21H,13-17,27-28H2,1-12H3. The van der Waals surface area contributed by atoms with E-state index in [1.54, 1.807) is 0 Å². The summed E-state index contributed by atoms with van der Waals surface area (Å²) in [6.45, 7) is 28.2. The first-order valence-corrected chi connectivity index (χ1v) is 13.2. The SMILES string of the molecule is CC(N)CC(C)(C)OCC(C)C(C)(C)C(C)OCCC1(C)SC1(C)OCC(C)C(C)(C)N. The van der Waals surface area contributed by atoms with Crippen LogP contribution in [0.4, 0.5) is 0 Å². The normalized spacial score (nSPS) is 28.3. The number of hydrogen-bond donors (Lipinski definition) is 2. The third kappa shape index (κ3) is 8.42. The number of nitrogens with two attached hydrogens (primary N) is 2. The largest absolute Gasteiger partial charge is 0.378 e. The van der Waals surface area contributed by atoms with E-state index in [-0.39, 0.29) is 38.4 Å². The minimum atomic E-state index is -0.228. The van der Waals surface area contributed by atoms with Crippen LogP contribution < -0.4 is 11.5 Å². The summed E-state index contributed by atoms with van der Waals surface area (Å²) in [5, 5.41) is 0. The van der Waals surface area contributed by atoms with Crippen molar-refractivity contribution in [3.8, 4) is 0 Å². The van der Waals surface area contributed by atoms with Gasteiger partial charge in [-0.15, -0.1) is 11.8 Å². The van der Waals surface area contributed by atoms with Crippen LogP contribution in [0.3, 0.4) is 0 Å². The van der Waals surface area contributed by atoms with E-state index in [2.05, 4.69) is 76.2 Å². The van der Waals surface area contributed by atoms with Gasteiger partial charge in [-0.25, -0.2) is 0 Å². The van der Waals surface area contributed by atoms with Crippen molar-refractivity contribution in [1.29, 1.82) is 0 Å². The molecule has 1 fully saturated rings. The van der Waals surface area contributed by atoms with Crippen LogP contribution in [0.5, 0.6) is 0 Å². The molecule has 0 aromatic carbocycles. The molecular weight excluding hydrogens is 420 g/mol. The lowest BCUT2D eigenvalue weighted by Gasteiger charge is -2.39. The van der Waals surface area contributed by atoms with Gasteiger partial charge >= 0.3 is 0 Å². The zero-order valence-corrected chi connectivity index (χ0v) is 23.9. The summed E-state index contributed by atoms with van der Waals surface area (Å²) in [5.41, 5.74) is 11.8. The van der Waals surface area contributed by atoms with Gasteiger partial charge in [0.1, 0.15) is 4.93 Å². The second kappa shape index (κ2) is 10.8. The van der Waals surface area contributed by atoms with E-state index in [1.165, 1.54) is 0 Å². The Kier molecular flexibility index (Phi) is 10.2. The van der Waals surface area contributed by atoms with Crippen molar-refractivity contribution >= 4 is 11.8 Å². The van der Waals surface area contributed by atoms with Gasteiger partial charge in [-0.2, -0.15) is 0 Å². The molecule has 0 radical (unpaired) electrons. The van der Waals surface area contributed by atoms with E-state index in [4.69, 9.17) is 25.7 Å². The van der Waals surface area contributed by atoms with Gasteiger partial charge < -0.3 is 25.7 Å². The van der Waals surface area contributed by atoms with Crippen LogP contribution in [0.2, 0.25) is 0 Å². The molecular formula is C26H54N2O3S. The van der Waals surface area contributed by atoms with Crippen LogP contribution in [0.25, 0.3) is 0 Å². The highest BCUT2D eigenvalue weighted by Gasteiger charge is 2.63. The molecule has 0 saturated carbocycles. The maximum Gasteiger partial charge on any atom is 0.126 e. The van der Waals surface area contributed by atoms with Crippen LogP contribution in [-0.4, -0.2) is 52.8 Å². The maximum atomic E-state index is 6.35. The molecule has 0 amide bonds. The summed E-state index contributed by atoms with van der Waals surface area (Å²) < 4.78 is 19.0. The second-order valence-electron chi connectivity index (χ2n) is 12.5. The van der Waals surface area contributed by atoms with Crippen LogP contribution in [0.15, 0.2) is 0 Å². The quantitative estimate of drug-likeness (QED) is 0.301. The molecule has 1 rings (SSSR count). The Bertz CT molecular complexity index is 590. The molecule has 32 heavy (non-hydrogen) atoms. The Labute approximate surface area is 203 Å². The third-order valence-electron chi connectivity index (χ3n) is 8.02. The number of ether oxygens (including phenoxy) is 3. The molecule has 0 aromatic heterocycles. The third-order valence-corrected chi connectivity index (χ3v) is 9.82. The van der Waals surface area contributed by atoms with Gasteiger partial charge in [-0.3, -0.25) is 0 Å². The zero-order valence-electron chi connectivity index (χ0n) is 23.1. The smallest absolute Gasteiger partial charge is 0.126 e. The van der Waals surface area contributed by atoms with Gasteiger partial charge in [-0.05, 0) is 85.5 Å². The second-order valence-corrected chi connectivity index (χ2v) is 14.4. The molecule has 6 heteroatoms. The van der Waals surface area contributed by atoms with Crippen LogP contribution >= 0.6 is 11.8 Å². The average molecular weight is 475 g/mol. The Morgan fingerprint density at radius 3 is 1.97 bits per heavy atom. The van der Waals surface area contributed by atoms with Gasteiger partial charge in [0.05, 0.1) is 29.7 Å². The summed E-state index contributed by atoms with van der Waals surface area (Å²) in [7, 11) is 0. The molecule has 4 N–H and O–H groups in total. The summed E-state index contributed by atoms with van der Waals surface area (Å²) in [6.07, 6.45) is 1.96. The molecule has 1 aliphatic heterocycles. The fourth-order valence-corrected chi connectivity index (χ4v) is 5.09. The summed E-state index contributed by atoms with van der Waals surface area (Å²) in [6, 6.07) is 0.136. The number of thioether (sulfide) groups is 1. The summed E-state index contributed by atoms with van der Waals surface area (Å²) in [5.74, 6) is 0.675. The Morgan fingerprint density at radius 1 is 0.906 bits per heavy atom. The van der Waals surface area contributed by atoms with Crippen molar-refractivity contribution in [2.75, 3.05) is 19.8 Å². The van der Waals surface area contributed by atoms with Crippen LogP contribution in [-0.2, 0) is 14.2 Å². The zero-order chi connectivity index (χ0) is 25.2. The van der Waals surface area contributed by atoms with Crippen LogP contribution in [0, 0.1) is 17.3 Å². The highest BCUT2D eigenvalue weighted by Crippen LogP contribution is 2.66. The molecule has 1 saturated heterocycles. The van der Waals surface area contributed by atoms with Crippen molar-refractivity contribution in [3.63, 3.8) is 0 Å². The molecule has 5 nitrogen and oxygen atoms in total. The van der Waals surface area contributed by atoms with Crippen molar-refractivity contribution in [2.24, 2.45) is 28.7 Å². The fraction of sp³-hybridized carbons (Fsp3) is 1.00. The van der Waals surface area contributed by atoms with Crippen molar-refractivity contribution in [1.82, 2.24) is 0 Å². The molecule has 6 unspecified atom stereocenters. The summed E-state index contributed by atoms with van der Waals surface area (Å²) >= 11 is 1.90. The molecule has 1 heterocycles. The van der Waals surface area contributed by atoms with E-state index < -0.39 is 0 Å². The van der Waals surface area contributed by atoms with Gasteiger partial charge in [-0.1, -0.05) is 27.7 Å². The molecule has 6 atom stereocenters. The monoisotopic (exact) mass is 474 g/mol. The highest BCUT2D eigenvalue weighted by molar-refractivity contribution is 8.09. The lowest BCUT2D eigenvalue weighted by Crippen LogP contribution is -2.42. The maximum absolute atomic E-state index is 6.35. The summed E-state index contributed by atoms with van der Waals surface area (Å²) in [4.78, 5) is -0.151. The van der Waals surface area contributed by atoms with E-state index in [0.29, 0.717) is 25.0 Å². The van der Waals surface area contributed by atoms with E-state index in [9.17, 15) is 0 Å².